The highest BCUT2D eigenvalue weighted by molar-refractivity contribution is 6.03. The Bertz CT molecular complexity index is 1060. The number of oxazole rings is 1. The van der Waals surface area contributed by atoms with Gasteiger partial charge in [-0.1, -0.05) is 6.92 Å². The lowest BCUT2D eigenvalue weighted by Crippen LogP contribution is -2.17. The van der Waals surface area contributed by atoms with Crippen LogP contribution in [0.1, 0.15) is 42.4 Å². The number of benzene rings is 1. The molecule has 0 saturated heterocycles. The Morgan fingerprint density at radius 3 is 2.63 bits per heavy atom. The van der Waals surface area contributed by atoms with Gasteiger partial charge in [-0.05, 0) is 37.2 Å². The van der Waals surface area contributed by atoms with Gasteiger partial charge in [-0.2, -0.15) is 14.8 Å². The van der Waals surface area contributed by atoms with E-state index in [1.165, 1.54) is 11.1 Å². The molecule has 2 fully saturated rings. The second-order valence-corrected chi connectivity index (χ2v) is 7.76. The number of rotatable bonds is 6. The SMILES string of the molecule is CCc1oc(-n2cccn2)nc1C(=O)Nc1cc(F)c(OC2CC3CC3C2)c(F)c1. The van der Waals surface area contributed by atoms with E-state index in [9.17, 15) is 13.6 Å². The summed E-state index contributed by atoms with van der Waals surface area (Å²) < 4.78 is 41.5. The lowest BCUT2D eigenvalue weighted by molar-refractivity contribution is 0.102. The maximum Gasteiger partial charge on any atom is 0.323 e. The van der Waals surface area contributed by atoms with Crippen LogP contribution in [-0.2, 0) is 6.42 Å². The molecule has 5 rings (SSSR count). The number of hydrogen-bond donors (Lipinski definition) is 1. The fraction of sp³-hybridized carbons (Fsp3) is 0.381. The molecule has 30 heavy (non-hydrogen) atoms. The van der Waals surface area contributed by atoms with Gasteiger partial charge >= 0.3 is 6.01 Å². The maximum absolute atomic E-state index is 14.5. The average Bonchev–Trinajstić information content (AvgIpc) is 3.17. The number of halogens is 2. The molecular formula is C21H20F2N4O3. The molecule has 7 nitrogen and oxygen atoms in total. The Kier molecular flexibility index (Phi) is 4.52. The first-order chi connectivity index (χ1) is 14.5. The molecule has 2 aliphatic rings. The topological polar surface area (TPSA) is 82.2 Å². The second kappa shape index (κ2) is 7.23. The molecular weight excluding hydrogens is 394 g/mol. The highest BCUT2D eigenvalue weighted by Gasteiger charge is 2.47. The Hall–Kier alpha value is -3.23. The van der Waals surface area contributed by atoms with Crippen LogP contribution in [0, 0.1) is 23.5 Å². The van der Waals surface area contributed by atoms with Crippen molar-refractivity contribution < 1.29 is 22.7 Å². The molecule has 3 aromatic rings. The van der Waals surface area contributed by atoms with Gasteiger partial charge < -0.3 is 14.5 Å². The van der Waals surface area contributed by atoms with E-state index in [1.54, 1.807) is 18.5 Å². The third kappa shape index (κ3) is 3.44. The summed E-state index contributed by atoms with van der Waals surface area (Å²) in [6.07, 6.45) is 6.32. The molecule has 0 aliphatic heterocycles. The predicted octanol–water partition coefficient (Wildman–Crippen LogP) is 4.13. The fourth-order valence-corrected chi connectivity index (χ4v) is 4.09. The minimum Gasteiger partial charge on any atom is -0.484 e. The van der Waals surface area contributed by atoms with Crippen molar-refractivity contribution in [3.63, 3.8) is 0 Å². The minimum atomic E-state index is -0.848. The summed E-state index contributed by atoms with van der Waals surface area (Å²) in [5.74, 6) is -1.09. The van der Waals surface area contributed by atoms with Crippen LogP contribution >= 0.6 is 0 Å². The Labute approximate surface area is 171 Å². The van der Waals surface area contributed by atoms with E-state index in [2.05, 4.69) is 15.4 Å². The number of ether oxygens (including phenoxy) is 1. The van der Waals surface area contributed by atoms with Crippen molar-refractivity contribution in [1.82, 2.24) is 14.8 Å². The normalized spacial score (nSPS) is 22.0. The number of hydrogen-bond acceptors (Lipinski definition) is 5. The first-order valence-electron chi connectivity index (χ1n) is 9.98. The molecule has 2 atom stereocenters. The van der Waals surface area contributed by atoms with Crippen molar-refractivity contribution >= 4 is 11.6 Å². The molecule has 0 bridgehead atoms. The Morgan fingerprint density at radius 1 is 1.27 bits per heavy atom. The van der Waals surface area contributed by atoms with Crippen LogP contribution in [0.2, 0.25) is 0 Å². The lowest BCUT2D eigenvalue weighted by Gasteiger charge is -2.17. The van der Waals surface area contributed by atoms with Crippen molar-refractivity contribution in [3.05, 3.63) is 53.7 Å². The van der Waals surface area contributed by atoms with Crippen LogP contribution < -0.4 is 10.1 Å². The lowest BCUT2D eigenvalue weighted by atomic mass is 10.2. The third-order valence-electron chi connectivity index (χ3n) is 5.66. The van der Waals surface area contributed by atoms with E-state index < -0.39 is 23.3 Å². The molecule has 0 spiro atoms. The molecule has 2 aromatic heterocycles. The summed E-state index contributed by atoms with van der Waals surface area (Å²) in [6.45, 7) is 1.81. The van der Waals surface area contributed by atoms with Crippen LogP contribution in [0.15, 0.2) is 35.0 Å². The van der Waals surface area contributed by atoms with Crippen LogP contribution in [0.5, 0.6) is 5.75 Å². The van der Waals surface area contributed by atoms with Gasteiger partial charge in [0.05, 0.1) is 6.10 Å². The molecule has 156 valence electrons. The average molecular weight is 414 g/mol. The van der Waals surface area contributed by atoms with E-state index in [-0.39, 0.29) is 23.5 Å². The van der Waals surface area contributed by atoms with Crippen molar-refractivity contribution in [3.8, 4) is 11.8 Å². The monoisotopic (exact) mass is 414 g/mol. The molecule has 2 unspecified atom stereocenters. The first-order valence-corrected chi connectivity index (χ1v) is 9.98. The number of carbonyl (C=O) groups excluding carboxylic acids is 1. The van der Waals surface area contributed by atoms with Gasteiger partial charge in [0.25, 0.3) is 5.91 Å². The van der Waals surface area contributed by atoms with E-state index >= 15 is 0 Å². The molecule has 2 heterocycles. The summed E-state index contributed by atoms with van der Waals surface area (Å²) >= 11 is 0. The highest BCUT2D eigenvalue weighted by atomic mass is 19.1. The quantitative estimate of drug-likeness (QED) is 0.656. The predicted molar refractivity (Wildman–Crippen MR) is 103 cm³/mol. The molecule has 0 radical (unpaired) electrons. The fourth-order valence-electron chi connectivity index (χ4n) is 4.09. The van der Waals surface area contributed by atoms with Gasteiger partial charge in [0.15, 0.2) is 23.1 Å². The zero-order valence-corrected chi connectivity index (χ0v) is 16.3. The van der Waals surface area contributed by atoms with Crippen molar-refractivity contribution in [1.29, 1.82) is 0 Å². The van der Waals surface area contributed by atoms with Crippen molar-refractivity contribution in [2.24, 2.45) is 11.8 Å². The van der Waals surface area contributed by atoms with Crippen LogP contribution in [0.25, 0.3) is 6.01 Å². The molecule has 2 saturated carbocycles. The molecule has 1 amide bonds. The summed E-state index contributed by atoms with van der Waals surface area (Å²) in [4.78, 5) is 16.8. The highest BCUT2D eigenvalue weighted by Crippen LogP contribution is 2.52. The number of amides is 1. The number of aryl methyl sites for hydroxylation is 1. The van der Waals surface area contributed by atoms with Gasteiger partial charge in [0.1, 0.15) is 5.76 Å². The van der Waals surface area contributed by atoms with E-state index in [4.69, 9.17) is 9.15 Å². The molecule has 1 aromatic carbocycles. The van der Waals surface area contributed by atoms with Gasteiger partial charge in [-0.15, -0.1) is 0 Å². The van der Waals surface area contributed by atoms with E-state index in [0.29, 0.717) is 24.0 Å². The van der Waals surface area contributed by atoms with Gasteiger partial charge in [-0.3, -0.25) is 4.79 Å². The van der Waals surface area contributed by atoms with Gasteiger partial charge in [0, 0.05) is 36.6 Å². The van der Waals surface area contributed by atoms with Crippen molar-refractivity contribution in [2.45, 2.75) is 38.7 Å². The van der Waals surface area contributed by atoms with E-state index in [1.807, 2.05) is 6.92 Å². The largest absolute Gasteiger partial charge is 0.484 e. The number of fused-ring (bicyclic) bond motifs is 1. The Balaban J connectivity index is 1.33. The molecule has 1 N–H and O–H groups in total. The van der Waals surface area contributed by atoms with Crippen molar-refractivity contribution in [2.75, 3.05) is 5.32 Å². The summed E-state index contributed by atoms with van der Waals surface area (Å²) in [6, 6.07) is 3.93. The number of aromatic nitrogens is 3. The first kappa shape index (κ1) is 18.8. The zero-order valence-electron chi connectivity index (χ0n) is 16.3. The summed E-state index contributed by atoms with van der Waals surface area (Å²) in [5, 5.41) is 6.50. The van der Waals surface area contributed by atoms with Crippen LogP contribution in [0.3, 0.4) is 0 Å². The van der Waals surface area contributed by atoms with E-state index in [0.717, 1.165) is 25.0 Å². The third-order valence-corrected chi connectivity index (χ3v) is 5.66. The number of carbonyl (C=O) groups is 1. The maximum atomic E-state index is 14.5. The Morgan fingerprint density at radius 2 is 2.00 bits per heavy atom. The molecule has 2 aliphatic carbocycles. The summed E-state index contributed by atoms with van der Waals surface area (Å²) in [7, 11) is 0. The van der Waals surface area contributed by atoms with Gasteiger partial charge in [0.2, 0.25) is 0 Å². The molecule has 9 heteroatoms. The number of anilines is 1. The second-order valence-electron chi connectivity index (χ2n) is 7.76. The summed E-state index contributed by atoms with van der Waals surface area (Å²) in [5.41, 5.74) is 0.0108. The standard InChI is InChI=1S/C21H20F2N4O3/c1-2-17-18(26-21(30-17)27-5-3-4-24-27)20(28)25-13-9-15(22)19(16(23)10-13)29-14-7-11-6-12(11)8-14/h3-5,9-12,14H,2,6-8H2,1H3,(H,25,28). The zero-order chi connectivity index (χ0) is 20.8. The minimum absolute atomic E-state index is 0.0256. The number of nitrogens with zero attached hydrogens (tertiary/aromatic N) is 3. The van der Waals surface area contributed by atoms with Gasteiger partial charge in [-0.25, -0.2) is 8.78 Å². The van der Waals surface area contributed by atoms with Crippen LogP contribution in [-0.4, -0.2) is 26.8 Å². The smallest absolute Gasteiger partial charge is 0.323 e. The number of nitrogens with one attached hydrogen (secondary N) is 1. The van der Waals surface area contributed by atoms with Crippen LogP contribution in [0.4, 0.5) is 14.5 Å².